The summed E-state index contributed by atoms with van der Waals surface area (Å²) in [6.45, 7) is 13.6. The van der Waals surface area contributed by atoms with Crippen molar-refractivity contribution in [1.29, 1.82) is 0 Å². The van der Waals surface area contributed by atoms with E-state index in [1.807, 2.05) is 19.9 Å². The maximum Gasteiger partial charge on any atom is 0.122 e. The van der Waals surface area contributed by atoms with Crippen molar-refractivity contribution in [3.8, 4) is 0 Å². The third-order valence-corrected chi connectivity index (χ3v) is 1.95. The molecule has 1 heteroatoms. The van der Waals surface area contributed by atoms with E-state index in [1.165, 1.54) is 12.8 Å². The number of rotatable bonds is 5. The van der Waals surface area contributed by atoms with Gasteiger partial charge >= 0.3 is 0 Å². The van der Waals surface area contributed by atoms with Crippen molar-refractivity contribution in [3.63, 3.8) is 0 Å². The van der Waals surface area contributed by atoms with Crippen molar-refractivity contribution in [2.24, 2.45) is 0 Å². The molecule has 1 saturated carbocycles. The fraction of sp³-hybridized carbons (Fsp3) is 0.538. The van der Waals surface area contributed by atoms with Crippen LogP contribution in [0.5, 0.6) is 0 Å². The molecule has 0 unspecified atom stereocenters. The maximum absolute atomic E-state index is 5.64. The molecule has 14 heavy (non-hydrogen) atoms. The largest absolute Gasteiger partial charge is 0.490 e. The van der Waals surface area contributed by atoms with Crippen LogP contribution < -0.4 is 0 Å². The maximum atomic E-state index is 5.64. The van der Waals surface area contributed by atoms with E-state index < -0.39 is 0 Å². The summed E-state index contributed by atoms with van der Waals surface area (Å²) in [7, 11) is 0. The molecule has 0 N–H and O–H groups in total. The monoisotopic (exact) mass is 194 g/mol. The zero-order valence-electron chi connectivity index (χ0n) is 9.68. The molecule has 1 aliphatic carbocycles. The molecule has 0 saturated heterocycles. The molecule has 0 aromatic carbocycles. The van der Waals surface area contributed by atoms with Gasteiger partial charge in [-0.25, -0.2) is 0 Å². The normalized spacial score (nSPS) is 15.9. The molecule has 1 aliphatic rings. The molecule has 1 fully saturated rings. The number of allylic oxidation sites excluding steroid dienone is 3. The lowest BCUT2D eigenvalue weighted by atomic mass is 10.1. The zero-order chi connectivity index (χ0) is 11.0. The fourth-order valence-corrected chi connectivity index (χ4v) is 1.04. The number of hydrogen-bond acceptors (Lipinski definition) is 1. The van der Waals surface area contributed by atoms with E-state index in [9.17, 15) is 0 Å². The lowest BCUT2D eigenvalue weighted by molar-refractivity contribution is 0.206. The number of hydrogen-bond donors (Lipinski definition) is 0. The molecule has 0 bridgehead atoms. The van der Waals surface area contributed by atoms with Gasteiger partial charge < -0.3 is 4.74 Å². The molecule has 80 valence electrons. The predicted molar refractivity (Wildman–Crippen MR) is 63.2 cm³/mol. The van der Waals surface area contributed by atoms with Crippen LogP contribution in [0.2, 0.25) is 0 Å². The van der Waals surface area contributed by atoms with Crippen LogP contribution in [0.3, 0.4) is 0 Å². The zero-order valence-corrected chi connectivity index (χ0v) is 9.68. The van der Waals surface area contributed by atoms with E-state index in [1.54, 1.807) is 6.08 Å². The lowest BCUT2D eigenvalue weighted by Gasteiger charge is -2.08. The Morgan fingerprint density at radius 3 is 2.14 bits per heavy atom. The minimum atomic E-state index is 0.444. The minimum absolute atomic E-state index is 0.444. The first-order valence-corrected chi connectivity index (χ1v) is 5.46. The molecule has 0 aromatic rings. The summed E-state index contributed by atoms with van der Waals surface area (Å²) in [5.74, 6) is 0.912. The Balaban J connectivity index is 0.000000791. The van der Waals surface area contributed by atoms with Crippen LogP contribution in [0.4, 0.5) is 0 Å². The van der Waals surface area contributed by atoms with Gasteiger partial charge in [0.15, 0.2) is 0 Å². The van der Waals surface area contributed by atoms with Gasteiger partial charge in [-0.05, 0) is 30.9 Å². The molecule has 0 radical (unpaired) electrons. The average molecular weight is 194 g/mol. The Hall–Kier alpha value is -0.980. The molecular formula is C13H22O. The molecule has 0 aliphatic heterocycles. The van der Waals surface area contributed by atoms with Gasteiger partial charge in [0.1, 0.15) is 5.76 Å². The van der Waals surface area contributed by atoms with Gasteiger partial charge in [0.05, 0.1) is 6.10 Å². The fourth-order valence-electron chi connectivity index (χ4n) is 1.04. The van der Waals surface area contributed by atoms with E-state index in [0.717, 1.165) is 17.8 Å². The first-order chi connectivity index (χ1) is 6.81. The van der Waals surface area contributed by atoms with E-state index in [2.05, 4.69) is 20.1 Å². The van der Waals surface area contributed by atoms with Gasteiger partial charge in [0.2, 0.25) is 0 Å². The van der Waals surface area contributed by atoms with Crippen molar-refractivity contribution in [2.45, 2.75) is 46.1 Å². The Bertz CT molecular complexity index is 209. The SMILES string of the molecule is C=C/C(CC)=C(\C=C)OC1CC1.CC. The third-order valence-electron chi connectivity index (χ3n) is 1.95. The third kappa shape index (κ3) is 4.31. The summed E-state index contributed by atoms with van der Waals surface area (Å²) < 4.78 is 5.64. The molecule has 0 atom stereocenters. The highest BCUT2D eigenvalue weighted by atomic mass is 16.5. The van der Waals surface area contributed by atoms with E-state index >= 15 is 0 Å². The van der Waals surface area contributed by atoms with Gasteiger partial charge in [0, 0.05) is 0 Å². The smallest absolute Gasteiger partial charge is 0.122 e. The topological polar surface area (TPSA) is 9.23 Å². The highest BCUT2D eigenvalue weighted by molar-refractivity contribution is 5.27. The van der Waals surface area contributed by atoms with Crippen LogP contribution in [0.25, 0.3) is 0 Å². The van der Waals surface area contributed by atoms with Gasteiger partial charge in [0.25, 0.3) is 0 Å². The summed E-state index contributed by atoms with van der Waals surface area (Å²) >= 11 is 0. The molecule has 0 heterocycles. The van der Waals surface area contributed by atoms with Crippen LogP contribution >= 0.6 is 0 Å². The Labute approximate surface area is 88.2 Å². The van der Waals surface area contributed by atoms with E-state index in [4.69, 9.17) is 4.74 Å². The Morgan fingerprint density at radius 2 is 1.86 bits per heavy atom. The van der Waals surface area contributed by atoms with Gasteiger partial charge in [-0.1, -0.05) is 40.0 Å². The van der Waals surface area contributed by atoms with Gasteiger partial charge in [-0.15, -0.1) is 0 Å². The Morgan fingerprint density at radius 1 is 1.29 bits per heavy atom. The summed E-state index contributed by atoms with van der Waals surface area (Å²) in [5, 5.41) is 0. The first-order valence-electron chi connectivity index (χ1n) is 5.46. The van der Waals surface area contributed by atoms with Crippen molar-refractivity contribution in [3.05, 3.63) is 36.6 Å². The van der Waals surface area contributed by atoms with Crippen LogP contribution in [0, 0.1) is 0 Å². The summed E-state index contributed by atoms with van der Waals surface area (Å²) in [6, 6.07) is 0. The molecule has 1 rings (SSSR count). The summed E-state index contributed by atoms with van der Waals surface area (Å²) in [4.78, 5) is 0. The van der Waals surface area contributed by atoms with Crippen molar-refractivity contribution in [2.75, 3.05) is 0 Å². The van der Waals surface area contributed by atoms with Gasteiger partial charge in [-0.3, -0.25) is 0 Å². The first kappa shape index (κ1) is 13.0. The van der Waals surface area contributed by atoms with Gasteiger partial charge in [-0.2, -0.15) is 0 Å². The molecule has 0 spiro atoms. The van der Waals surface area contributed by atoms with Crippen LogP contribution in [-0.2, 0) is 4.74 Å². The van der Waals surface area contributed by atoms with Crippen LogP contribution in [0.15, 0.2) is 36.6 Å². The Kier molecular flexibility index (Phi) is 6.91. The van der Waals surface area contributed by atoms with E-state index in [0.29, 0.717) is 6.10 Å². The lowest BCUT2D eigenvalue weighted by Crippen LogP contribution is -1.95. The highest BCUT2D eigenvalue weighted by Gasteiger charge is 2.24. The second-order valence-corrected chi connectivity index (χ2v) is 2.97. The highest BCUT2D eigenvalue weighted by Crippen LogP contribution is 2.28. The molecule has 0 amide bonds. The predicted octanol–water partition coefficient (Wildman–Crippen LogP) is 4.23. The van der Waals surface area contributed by atoms with Crippen LogP contribution in [-0.4, -0.2) is 6.10 Å². The molecular weight excluding hydrogens is 172 g/mol. The molecule has 1 nitrogen and oxygen atoms in total. The van der Waals surface area contributed by atoms with Crippen molar-refractivity contribution < 1.29 is 4.74 Å². The standard InChI is InChI=1S/C11H16O.C2H6/c1-4-9(5-2)11(6-3)12-10-7-8-10;1-2/h4,6,10H,1,3,5,7-8H2,2H3;1-2H3/b11-9-;. The average Bonchev–Trinajstić information content (AvgIpc) is 3.05. The number of ether oxygens (including phenoxy) is 1. The molecule has 0 aromatic heterocycles. The minimum Gasteiger partial charge on any atom is -0.490 e. The van der Waals surface area contributed by atoms with Crippen molar-refractivity contribution in [1.82, 2.24) is 0 Å². The van der Waals surface area contributed by atoms with Crippen LogP contribution in [0.1, 0.15) is 40.0 Å². The summed E-state index contributed by atoms with van der Waals surface area (Å²) in [6.07, 6.45) is 7.40. The van der Waals surface area contributed by atoms with Crippen molar-refractivity contribution >= 4 is 0 Å². The second kappa shape index (κ2) is 7.43. The second-order valence-electron chi connectivity index (χ2n) is 2.97. The van der Waals surface area contributed by atoms with E-state index in [-0.39, 0.29) is 0 Å². The quantitative estimate of drug-likeness (QED) is 0.470. The summed E-state index contributed by atoms with van der Waals surface area (Å²) in [5.41, 5.74) is 1.15.